The van der Waals surface area contributed by atoms with Crippen LogP contribution >= 0.6 is 0 Å². The van der Waals surface area contributed by atoms with Crippen molar-refractivity contribution in [3.05, 3.63) is 0 Å². The maximum atomic E-state index is 11.9. The van der Waals surface area contributed by atoms with Crippen molar-refractivity contribution in [2.24, 2.45) is 11.8 Å². The van der Waals surface area contributed by atoms with E-state index in [9.17, 15) is 18.0 Å². The van der Waals surface area contributed by atoms with Gasteiger partial charge in [-0.1, -0.05) is 13.8 Å². The zero-order chi connectivity index (χ0) is 11.6. The van der Waals surface area contributed by atoms with Gasteiger partial charge in [-0.3, -0.25) is 4.79 Å². The Bertz CT molecular complexity index is 237. The average molecular weight is 223 g/mol. The van der Waals surface area contributed by atoms with E-state index in [4.69, 9.17) is 0 Å². The highest BCUT2D eigenvalue weighted by atomic mass is 19.4. The number of hydrogen-bond donors (Lipinski definition) is 1. The number of carbonyl (C=O) groups excluding carboxylic acids is 1. The fraction of sp³-hybridized carbons (Fsp3) is 0.900. The predicted octanol–water partition coefficient (Wildman–Crippen LogP) is 2.49. The summed E-state index contributed by atoms with van der Waals surface area (Å²) in [7, 11) is 0. The van der Waals surface area contributed by atoms with E-state index in [1.807, 2.05) is 5.32 Å². The fourth-order valence-electron chi connectivity index (χ4n) is 2.02. The lowest BCUT2D eigenvalue weighted by Gasteiger charge is -2.16. The van der Waals surface area contributed by atoms with Crippen LogP contribution in [0.5, 0.6) is 0 Å². The van der Waals surface area contributed by atoms with Gasteiger partial charge < -0.3 is 5.32 Å². The topological polar surface area (TPSA) is 29.1 Å². The number of carbonyl (C=O) groups is 1. The highest BCUT2D eigenvalue weighted by Crippen LogP contribution is 2.31. The molecule has 0 saturated heterocycles. The van der Waals surface area contributed by atoms with Gasteiger partial charge in [0.25, 0.3) is 0 Å². The Morgan fingerprint density at radius 1 is 1.33 bits per heavy atom. The minimum Gasteiger partial charge on any atom is -0.346 e. The molecule has 1 rings (SSSR count). The molecule has 0 aromatic carbocycles. The van der Waals surface area contributed by atoms with Crippen molar-refractivity contribution in [3.8, 4) is 0 Å². The van der Waals surface area contributed by atoms with Gasteiger partial charge in [-0.25, -0.2) is 0 Å². The number of hydrogen-bond acceptors (Lipinski definition) is 1. The lowest BCUT2D eigenvalue weighted by Crippen LogP contribution is -2.42. The van der Waals surface area contributed by atoms with Gasteiger partial charge in [-0.2, -0.15) is 13.2 Å². The second kappa shape index (κ2) is 4.41. The molecule has 0 spiro atoms. The standard InChI is InChI=1S/C10H16F3NO/c1-6(2)7-3-4-8(5-7)14-9(15)10(11,12)13/h6-8H,3-5H2,1-2H3,(H,14,15)/t7?,8-/m0/s1. The highest BCUT2D eigenvalue weighted by molar-refractivity contribution is 5.81. The van der Waals surface area contributed by atoms with Gasteiger partial charge in [0, 0.05) is 6.04 Å². The predicted molar refractivity (Wildman–Crippen MR) is 50.2 cm³/mol. The monoisotopic (exact) mass is 223 g/mol. The molecule has 2 atom stereocenters. The summed E-state index contributed by atoms with van der Waals surface area (Å²) >= 11 is 0. The van der Waals surface area contributed by atoms with Crippen LogP contribution in [0.2, 0.25) is 0 Å². The molecule has 2 nitrogen and oxygen atoms in total. The Balaban J connectivity index is 2.40. The Labute approximate surface area is 87.2 Å². The maximum absolute atomic E-state index is 11.9. The summed E-state index contributed by atoms with van der Waals surface area (Å²) in [6.45, 7) is 4.11. The van der Waals surface area contributed by atoms with E-state index < -0.39 is 12.1 Å². The van der Waals surface area contributed by atoms with Gasteiger partial charge in [0.1, 0.15) is 0 Å². The molecule has 1 saturated carbocycles. The smallest absolute Gasteiger partial charge is 0.346 e. The quantitative estimate of drug-likeness (QED) is 0.765. The third-order valence-electron chi connectivity index (χ3n) is 3.01. The van der Waals surface area contributed by atoms with Crippen molar-refractivity contribution in [2.75, 3.05) is 0 Å². The molecular formula is C10H16F3NO. The van der Waals surface area contributed by atoms with Crippen molar-refractivity contribution < 1.29 is 18.0 Å². The number of alkyl halides is 3. The van der Waals surface area contributed by atoms with Gasteiger partial charge >= 0.3 is 12.1 Å². The molecule has 0 aromatic heterocycles. The lowest BCUT2D eigenvalue weighted by molar-refractivity contribution is -0.174. The Hall–Kier alpha value is -0.740. The summed E-state index contributed by atoms with van der Waals surface area (Å²) in [5.74, 6) is -0.904. The molecule has 88 valence electrons. The molecular weight excluding hydrogens is 207 g/mol. The van der Waals surface area contributed by atoms with Crippen LogP contribution in [0.1, 0.15) is 33.1 Å². The number of nitrogens with one attached hydrogen (secondary N) is 1. The third kappa shape index (κ3) is 3.39. The van der Waals surface area contributed by atoms with Crippen LogP contribution in [0.4, 0.5) is 13.2 Å². The molecule has 0 aliphatic heterocycles. The first-order valence-electron chi connectivity index (χ1n) is 5.18. The summed E-state index contributed by atoms with van der Waals surface area (Å²) in [6.07, 6.45) is -2.53. The molecule has 1 aliphatic carbocycles. The summed E-state index contributed by atoms with van der Waals surface area (Å²) in [4.78, 5) is 10.7. The van der Waals surface area contributed by atoms with Crippen LogP contribution in [-0.2, 0) is 4.79 Å². The molecule has 5 heteroatoms. The fourth-order valence-corrected chi connectivity index (χ4v) is 2.02. The largest absolute Gasteiger partial charge is 0.471 e. The molecule has 0 radical (unpaired) electrons. The number of halogens is 3. The van der Waals surface area contributed by atoms with Gasteiger partial charge in [-0.15, -0.1) is 0 Å². The molecule has 0 bridgehead atoms. The third-order valence-corrected chi connectivity index (χ3v) is 3.01. The van der Waals surface area contributed by atoms with E-state index in [1.54, 1.807) is 0 Å². The molecule has 1 unspecified atom stereocenters. The van der Waals surface area contributed by atoms with Gasteiger partial charge in [-0.05, 0) is 31.1 Å². The summed E-state index contributed by atoms with van der Waals surface area (Å²) in [5, 5.41) is 2.04. The summed E-state index contributed by atoms with van der Waals surface area (Å²) in [6, 6.07) is -0.300. The Kier molecular flexibility index (Phi) is 3.62. The lowest BCUT2D eigenvalue weighted by atomic mass is 9.94. The zero-order valence-corrected chi connectivity index (χ0v) is 8.90. The molecule has 1 fully saturated rings. The van der Waals surface area contributed by atoms with Gasteiger partial charge in [0.15, 0.2) is 0 Å². The van der Waals surface area contributed by atoms with Crippen LogP contribution < -0.4 is 5.32 Å². The van der Waals surface area contributed by atoms with Crippen LogP contribution in [0, 0.1) is 11.8 Å². The minimum absolute atomic E-state index is 0.300. The molecule has 0 heterocycles. The maximum Gasteiger partial charge on any atom is 0.471 e. The highest BCUT2D eigenvalue weighted by Gasteiger charge is 2.40. The first kappa shape index (κ1) is 12.3. The van der Waals surface area contributed by atoms with E-state index >= 15 is 0 Å². The minimum atomic E-state index is -4.75. The molecule has 1 aliphatic rings. The van der Waals surface area contributed by atoms with Crippen LogP contribution in [-0.4, -0.2) is 18.1 Å². The summed E-state index contributed by atoms with van der Waals surface area (Å²) < 4.78 is 35.8. The van der Waals surface area contributed by atoms with E-state index in [0.29, 0.717) is 24.7 Å². The van der Waals surface area contributed by atoms with Crippen LogP contribution in [0.15, 0.2) is 0 Å². The Morgan fingerprint density at radius 2 is 1.93 bits per heavy atom. The van der Waals surface area contributed by atoms with Crippen molar-refractivity contribution in [3.63, 3.8) is 0 Å². The van der Waals surface area contributed by atoms with Crippen molar-refractivity contribution in [2.45, 2.75) is 45.3 Å². The average Bonchev–Trinajstić information content (AvgIpc) is 2.50. The second-order valence-corrected chi connectivity index (χ2v) is 4.49. The molecule has 1 amide bonds. The molecule has 1 N–H and O–H groups in total. The van der Waals surface area contributed by atoms with Crippen molar-refractivity contribution in [1.29, 1.82) is 0 Å². The first-order chi connectivity index (χ1) is 6.80. The molecule has 0 aromatic rings. The zero-order valence-electron chi connectivity index (χ0n) is 8.90. The number of amides is 1. The van der Waals surface area contributed by atoms with E-state index in [0.717, 1.165) is 6.42 Å². The van der Waals surface area contributed by atoms with Gasteiger partial charge in [0.05, 0.1) is 0 Å². The van der Waals surface area contributed by atoms with Crippen LogP contribution in [0.25, 0.3) is 0 Å². The first-order valence-corrected chi connectivity index (χ1v) is 5.18. The van der Waals surface area contributed by atoms with Gasteiger partial charge in [0.2, 0.25) is 0 Å². The van der Waals surface area contributed by atoms with Crippen molar-refractivity contribution in [1.82, 2.24) is 5.32 Å². The number of rotatable bonds is 2. The SMILES string of the molecule is CC(C)C1CC[C@H](NC(=O)C(F)(F)F)C1. The van der Waals surface area contributed by atoms with E-state index in [-0.39, 0.29) is 6.04 Å². The van der Waals surface area contributed by atoms with E-state index in [2.05, 4.69) is 13.8 Å². The van der Waals surface area contributed by atoms with Crippen molar-refractivity contribution >= 4 is 5.91 Å². The molecule has 15 heavy (non-hydrogen) atoms. The van der Waals surface area contributed by atoms with Crippen LogP contribution in [0.3, 0.4) is 0 Å². The summed E-state index contributed by atoms with van der Waals surface area (Å²) in [5.41, 5.74) is 0. The second-order valence-electron chi connectivity index (χ2n) is 4.49. The normalized spacial score (nSPS) is 27.1. The van der Waals surface area contributed by atoms with E-state index in [1.165, 1.54) is 0 Å². The Morgan fingerprint density at radius 3 is 2.33 bits per heavy atom.